The van der Waals surface area contributed by atoms with Gasteiger partial charge in [-0.25, -0.2) is 0 Å². The van der Waals surface area contributed by atoms with Crippen molar-refractivity contribution in [1.29, 1.82) is 5.26 Å². The van der Waals surface area contributed by atoms with Gasteiger partial charge < -0.3 is 11.1 Å². The molecule has 2 aliphatic rings. The molecule has 2 aromatic heterocycles. The van der Waals surface area contributed by atoms with Crippen molar-refractivity contribution >= 4 is 68.5 Å². The number of aromatic nitrogens is 2. The molecule has 1 amide bonds. The minimum absolute atomic E-state index is 0.0283. The first kappa shape index (κ1) is 25.5. The summed E-state index contributed by atoms with van der Waals surface area (Å²) in [5, 5.41) is 22.5. The number of anilines is 2. The van der Waals surface area contributed by atoms with Crippen LogP contribution in [0.2, 0.25) is 5.02 Å². The Morgan fingerprint density at radius 1 is 1.24 bits per heavy atom. The van der Waals surface area contributed by atoms with E-state index < -0.39 is 5.92 Å². The molecule has 1 aliphatic heterocycles. The molecular weight excluding hydrogens is 548 g/mol. The maximum absolute atomic E-state index is 13.2. The van der Waals surface area contributed by atoms with Crippen LogP contribution in [0.3, 0.4) is 0 Å². The van der Waals surface area contributed by atoms with Gasteiger partial charge in [0.05, 0.1) is 23.3 Å². The molecule has 0 saturated heterocycles. The summed E-state index contributed by atoms with van der Waals surface area (Å²) >= 11 is 9.97. The summed E-state index contributed by atoms with van der Waals surface area (Å²) in [5.41, 5.74) is 8.96. The number of thioether (sulfide) groups is 1. The van der Waals surface area contributed by atoms with Crippen LogP contribution in [0.25, 0.3) is 0 Å². The molecular formula is C25H21ClN6O2S3. The fraction of sp³-hybridized carbons (Fsp3) is 0.240. The van der Waals surface area contributed by atoms with E-state index in [2.05, 4.69) is 21.6 Å². The number of halogens is 1. The number of nitrogens with one attached hydrogen (secondary N) is 1. The quantitative estimate of drug-likeness (QED) is 0.368. The van der Waals surface area contributed by atoms with Crippen LogP contribution in [-0.2, 0) is 9.59 Å². The second kappa shape index (κ2) is 10.7. The fourth-order valence-electron chi connectivity index (χ4n) is 4.41. The molecule has 3 N–H and O–H groups in total. The van der Waals surface area contributed by atoms with Gasteiger partial charge in [0.25, 0.3) is 0 Å². The number of carbonyl (C=O) groups is 2. The molecule has 188 valence electrons. The van der Waals surface area contributed by atoms with Gasteiger partial charge in [0.15, 0.2) is 10.1 Å². The van der Waals surface area contributed by atoms with E-state index in [4.69, 9.17) is 17.3 Å². The van der Waals surface area contributed by atoms with E-state index in [9.17, 15) is 14.9 Å². The molecule has 37 heavy (non-hydrogen) atoms. The smallest absolute Gasteiger partial charge is 0.234 e. The number of benzene rings is 1. The Balaban J connectivity index is 1.40. The lowest BCUT2D eigenvalue weighted by molar-refractivity contribution is -0.116. The highest BCUT2D eigenvalue weighted by atomic mass is 35.5. The second-order valence-electron chi connectivity index (χ2n) is 8.46. The average Bonchev–Trinajstić information content (AvgIpc) is 3.52. The Bertz CT molecular complexity index is 1480. The summed E-state index contributed by atoms with van der Waals surface area (Å²) in [6, 6.07) is 13.1. The summed E-state index contributed by atoms with van der Waals surface area (Å²) in [5.74, 6) is -0.231. The van der Waals surface area contributed by atoms with Crippen molar-refractivity contribution in [2.45, 2.75) is 36.4 Å². The number of ketones is 1. The van der Waals surface area contributed by atoms with Crippen LogP contribution in [0.15, 0.2) is 63.4 Å². The molecule has 5 rings (SSSR count). The first-order chi connectivity index (χ1) is 17.9. The van der Waals surface area contributed by atoms with Crippen LogP contribution in [0.5, 0.6) is 0 Å². The van der Waals surface area contributed by atoms with Crippen molar-refractivity contribution in [3.8, 4) is 6.07 Å². The van der Waals surface area contributed by atoms with Crippen LogP contribution in [0.1, 0.15) is 34.9 Å². The maximum atomic E-state index is 13.2. The normalized spacial score (nSPS) is 17.6. The number of allylic oxidation sites excluding steroid dienone is 3. The molecule has 0 spiro atoms. The monoisotopic (exact) mass is 568 g/mol. The van der Waals surface area contributed by atoms with Crippen LogP contribution >= 0.6 is 46.0 Å². The van der Waals surface area contributed by atoms with Crippen LogP contribution in [0.4, 0.5) is 10.8 Å². The van der Waals surface area contributed by atoms with Crippen LogP contribution in [-0.4, -0.2) is 27.6 Å². The van der Waals surface area contributed by atoms with Crippen molar-refractivity contribution in [3.63, 3.8) is 0 Å². The Kier molecular flexibility index (Phi) is 7.35. The molecule has 1 unspecified atom stereocenters. The first-order valence-electron chi connectivity index (χ1n) is 11.4. The van der Waals surface area contributed by atoms with Crippen LogP contribution in [0, 0.1) is 18.3 Å². The van der Waals surface area contributed by atoms with E-state index in [-0.39, 0.29) is 23.3 Å². The van der Waals surface area contributed by atoms with Crippen molar-refractivity contribution in [2.75, 3.05) is 16.0 Å². The Labute approximate surface area is 230 Å². The summed E-state index contributed by atoms with van der Waals surface area (Å²) < 4.78 is 0.577. The third-order valence-corrected chi connectivity index (χ3v) is 9.36. The van der Waals surface area contributed by atoms with Crippen molar-refractivity contribution in [2.24, 2.45) is 5.73 Å². The predicted molar refractivity (Wildman–Crippen MR) is 148 cm³/mol. The van der Waals surface area contributed by atoms with Gasteiger partial charge >= 0.3 is 0 Å². The fourth-order valence-corrected chi connectivity index (χ4v) is 7.21. The van der Waals surface area contributed by atoms with E-state index in [1.807, 2.05) is 19.1 Å². The lowest BCUT2D eigenvalue weighted by Crippen LogP contribution is -2.38. The Morgan fingerprint density at radius 2 is 2.03 bits per heavy atom. The minimum atomic E-state index is -0.471. The number of amides is 1. The summed E-state index contributed by atoms with van der Waals surface area (Å²) in [4.78, 5) is 29.3. The standard InChI is InChI=1S/C25H21ClN6O2S3/c1-13-5-10-19(36-13)21-16(11-27)23(28)32(17-3-2-4-18(33)22(17)21)24-30-31-25(37-24)35-12-20(34)29-15-8-6-14(26)7-9-15/h5-10,21H,2-4,12,28H2,1H3,(H,29,34). The molecule has 12 heteroatoms. The van der Waals surface area contributed by atoms with Gasteiger partial charge in [-0.05, 0) is 56.2 Å². The highest BCUT2D eigenvalue weighted by Crippen LogP contribution is 2.48. The highest BCUT2D eigenvalue weighted by molar-refractivity contribution is 8.01. The summed E-state index contributed by atoms with van der Waals surface area (Å²) in [6.45, 7) is 2.00. The van der Waals surface area contributed by atoms with Gasteiger partial charge in [0.2, 0.25) is 11.0 Å². The summed E-state index contributed by atoms with van der Waals surface area (Å²) in [7, 11) is 0. The molecule has 8 nitrogen and oxygen atoms in total. The Hall–Kier alpha value is -3.17. The van der Waals surface area contributed by atoms with Crippen molar-refractivity contribution in [3.05, 3.63) is 73.8 Å². The lowest BCUT2D eigenvalue weighted by atomic mass is 9.78. The number of nitrogens with zero attached hydrogens (tertiary/aromatic N) is 4. The minimum Gasteiger partial charge on any atom is -0.384 e. The zero-order valence-electron chi connectivity index (χ0n) is 19.7. The molecule has 1 aliphatic carbocycles. The SMILES string of the molecule is Cc1ccc(C2C(C#N)=C(N)N(c3nnc(SCC(=O)Nc4ccc(Cl)cc4)s3)C3=C2C(=O)CCC3)s1. The van der Waals surface area contributed by atoms with Gasteiger partial charge in [0, 0.05) is 38.2 Å². The highest BCUT2D eigenvalue weighted by Gasteiger charge is 2.41. The number of nitriles is 1. The van der Waals surface area contributed by atoms with Crippen LogP contribution < -0.4 is 16.0 Å². The van der Waals surface area contributed by atoms with Gasteiger partial charge in [0.1, 0.15) is 5.82 Å². The molecule has 0 saturated carbocycles. The molecule has 0 bridgehead atoms. The predicted octanol–water partition coefficient (Wildman–Crippen LogP) is 5.60. The van der Waals surface area contributed by atoms with E-state index in [1.54, 1.807) is 40.5 Å². The third kappa shape index (κ3) is 5.15. The lowest BCUT2D eigenvalue weighted by Gasteiger charge is -2.37. The number of aryl methyl sites for hydroxylation is 1. The number of hydrogen-bond donors (Lipinski definition) is 2. The number of Topliss-reactive ketones (excluding diaryl/α,β-unsaturated/α-hetero) is 1. The first-order valence-corrected chi connectivity index (χ1v) is 14.4. The molecule has 3 aromatic rings. The van der Waals surface area contributed by atoms with Gasteiger partial charge in [-0.1, -0.05) is 34.7 Å². The van der Waals surface area contributed by atoms with Crippen molar-refractivity contribution in [1.82, 2.24) is 10.2 Å². The van der Waals surface area contributed by atoms with E-state index in [0.717, 1.165) is 15.5 Å². The zero-order valence-corrected chi connectivity index (χ0v) is 22.9. The Morgan fingerprint density at radius 3 is 2.73 bits per heavy atom. The van der Waals surface area contributed by atoms with E-state index >= 15 is 0 Å². The largest absolute Gasteiger partial charge is 0.384 e. The topological polar surface area (TPSA) is 125 Å². The number of thiophene rings is 1. The molecule has 0 fully saturated rings. The number of nitrogens with two attached hydrogens (primary N) is 1. The molecule has 0 radical (unpaired) electrons. The van der Waals surface area contributed by atoms with Gasteiger partial charge in [-0.2, -0.15) is 5.26 Å². The van der Waals surface area contributed by atoms with Gasteiger partial charge in [-0.3, -0.25) is 14.5 Å². The average molecular weight is 569 g/mol. The number of hydrogen-bond acceptors (Lipinski definition) is 10. The molecule has 3 heterocycles. The van der Waals surface area contributed by atoms with Gasteiger partial charge in [-0.15, -0.1) is 21.5 Å². The van der Waals surface area contributed by atoms with E-state index in [0.29, 0.717) is 50.6 Å². The number of carbonyl (C=O) groups excluding carboxylic acids is 2. The zero-order chi connectivity index (χ0) is 26.1. The maximum Gasteiger partial charge on any atom is 0.234 e. The summed E-state index contributed by atoms with van der Waals surface area (Å²) in [6.07, 6.45) is 1.78. The molecule has 1 aromatic carbocycles. The second-order valence-corrected chi connectivity index (χ2v) is 12.4. The molecule has 1 atom stereocenters. The van der Waals surface area contributed by atoms with E-state index in [1.165, 1.54) is 23.1 Å². The number of rotatable bonds is 6. The van der Waals surface area contributed by atoms with Crippen molar-refractivity contribution < 1.29 is 9.59 Å². The third-order valence-electron chi connectivity index (χ3n) is 6.00.